The summed E-state index contributed by atoms with van der Waals surface area (Å²) in [6, 6.07) is 0. The maximum absolute atomic E-state index is 11.7. The van der Waals surface area contributed by atoms with E-state index in [-0.39, 0.29) is 35.3 Å². The van der Waals surface area contributed by atoms with E-state index in [2.05, 4.69) is 40.5 Å². The lowest BCUT2D eigenvalue weighted by molar-refractivity contribution is -0.140. The smallest absolute Gasteiger partial charge is 0.478 e. The van der Waals surface area contributed by atoms with Crippen molar-refractivity contribution >= 4 is 55.1 Å². The maximum atomic E-state index is 11.7. The van der Waals surface area contributed by atoms with Crippen LogP contribution in [0.4, 0.5) is 0 Å². The van der Waals surface area contributed by atoms with Crippen LogP contribution in [0.15, 0.2) is 48.6 Å². The molecule has 6 unspecified atom stereocenters. The molecule has 0 bridgehead atoms. The van der Waals surface area contributed by atoms with E-state index in [4.69, 9.17) is 29.3 Å². The zero-order valence-corrected chi connectivity index (χ0v) is 31.0. The number of aliphatic carboxylic acids is 2. The van der Waals surface area contributed by atoms with Crippen LogP contribution in [-0.4, -0.2) is 137 Å². The Balaban J connectivity index is -0.000000432. The lowest BCUT2D eigenvalue weighted by Gasteiger charge is -2.21. The highest BCUT2D eigenvalue weighted by Crippen LogP contribution is 2.50. The molecule has 0 aliphatic carbocycles. The van der Waals surface area contributed by atoms with Crippen LogP contribution in [0.3, 0.4) is 0 Å². The Labute approximate surface area is 297 Å². The molecule has 0 spiro atoms. The van der Waals surface area contributed by atoms with Gasteiger partial charge in [0.2, 0.25) is 11.7 Å². The molecule has 300 valence electrons. The second kappa shape index (κ2) is 26.7. The third kappa shape index (κ3) is 22.2. The molecule has 0 aliphatic heterocycles. The average molecular weight is 838 g/mol. The second-order valence-corrected chi connectivity index (χ2v) is 14.7. The van der Waals surface area contributed by atoms with Gasteiger partial charge in [-0.1, -0.05) is 26.3 Å². The van der Waals surface area contributed by atoms with E-state index in [0.29, 0.717) is 0 Å². The van der Waals surface area contributed by atoms with Gasteiger partial charge in [0.15, 0.2) is 0 Å². The number of ether oxygens (including phenoxy) is 6. The topological polar surface area (TPSA) is 417 Å². The van der Waals surface area contributed by atoms with E-state index in [1.165, 1.54) is 0 Å². The maximum Gasteiger partial charge on any atom is 0.541 e. The van der Waals surface area contributed by atoms with Crippen LogP contribution in [0, 0.1) is 0 Å². The highest BCUT2D eigenvalue weighted by Gasteiger charge is 2.51. The van der Waals surface area contributed by atoms with Gasteiger partial charge in [-0.2, -0.15) is 9.79 Å². The van der Waals surface area contributed by atoms with Gasteiger partial charge in [0.05, 0.1) is 61.9 Å². The first-order valence-electron chi connectivity index (χ1n) is 13.2. The molecule has 0 saturated carbocycles. The van der Waals surface area contributed by atoms with Gasteiger partial charge in [-0.25, -0.2) is 19.2 Å². The molecule has 0 aromatic rings. The predicted octanol–water partition coefficient (Wildman–Crippen LogP) is -0.961. The quantitative estimate of drug-likeness (QED) is 0.0329. The second-order valence-electron chi connectivity index (χ2n) is 9.05. The number of carboxylic acid groups (broad SMARTS) is 2. The molecule has 6 atom stereocenters. The lowest BCUT2D eigenvalue weighted by atomic mass is 10.3. The Morgan fingerprint density at radius 1 is 0.577 bits per heavy atom. The standard InChI is InChI=1S/C14H22O11P2.C10H14O11P2.2H2O/c1-5-22-11(15)9(3)7-24-13(26(17)18)14(27(19,20)21)25-8-10(4)12(16)23-6-2;1-5(7(11)12)3-20-9(22(15)16)10(23(17,18)19)21-4-6(2)8(13)14;;/h13-14H,3-8H2,1-2H3,(H2-,17,18,19,20,21);9-10H,1-4H2,(H4-,11,12,13,14,15,16,17,18,19);2*1H2/p+2. The number of rotatable bonds is 24. The Bertz CT molecular complexity index is 1400. The zero-order chi connectivity index (χ0) is 39.6. The number of carboxylic acids is 2. The summed E-state index contributed by atoms with van der Waals surface area (Å²) in [5.74, 6) is -13.3. The number of carbonyl (C=O) groups is 4. The minimum Gasteiger partial charge on any atom is -0.478 e. The van der Waals surface area contributed by atoms with Gasteiger partial charge < -0.3 is 69.2 Å². The third-order valence-electron chi connectivity index (χ3n) is 5.03. The van der Waals surface area contributed by atoms with E-state index >= 15 is 0 Å². The molecule has 0 fully saturated rings. The molecular weight excluding hydrogens is 796 g/mol. The van der Waals surface area contributed by atoms with Crippen molar-refractivity contribution in [3.8, 4) is 0 Å². The van der Waals surface area contributed by atoms with Crippen molar-refractivity contribution < 1.29 is 116 Å². The number of esters is 2. The van der Waals surface area contributed by atoms with Crippen molar-refractivity contribution in [2.45, 2.75) is 37.2 Å². The molecule has 0 aromatic carbocycles. The first kappa shape index (κ1) is 55.8. The third-order valence-corrected chi connectivity index (χ3v) is 9.38. The molecule has 0 heterocycles. The van der Waals surface area contributed by atoms with Crippen molar-refractivity contribution in [3.05, 3.63) is 48.6 Å². The van der Waals surface area contributed by atoms with Crippen LogP contribution in [0.25, 0.3) is 0 Å². The van der Waals surface area contributed by atoms with Gasteiger partial charge >= 0.3 is 66.8 Å². The van der Waals surface area contributed by atoms with Crippen molar-refractivity contribution in [3.63, 3.8) is 0 Å². The monoisotopic (exact) mass is 838 g/mol. The fraction of sp³-hybridized carbons (Fsp3) is 0.500. The summed E-state index contributed by atoms with van der Waals surface area (Å²) in [7, 11) is -16.9. The van der Waals surface area contributed by atoms with Gasteiger partial charge in [0, 0.05) is 0 Å². The molecular formula is C24H42O24P4+2. The highest BCUT2D eigenvalue weighted by molar-refractivity contribution is 7.54. The molecule has 24 nitrogen and oxygen atoms in total. The average Bonchev–Trinajstić information content (AvgIpc) is 2.98. The minimum atomic E-state index is -5.16. The van der Waals surface area contributed by atoms with Crippen molar-refractivity contribution in [2.75, 3.05) is 39.6 Å². The number of carbonyl (C=O) groups excluding carboxylic acids is 2. The summed E-state index contributed by atoms with van der Waals surface area (Å²) < 4.78 is 74.3. The largest absolute Gasteiger partial charge is 0.541 e. The van der Waals surface area contributed by atoms with Gasteiger partial charge in [0.25, 0.3) is 0 Å². The molecule has 0 radical (unpaired) electrons. The fourth-order valence-corrected chi connectivity index (χ4v) is 6.77. The molecule has 52 heavy (non-hydrogen) atoms. The lowest BCUT2D eigenvalue weighted by Crippen LogP contribution is -2.31. The van der Waals surface area contributed by atoms with Crippen LogP contribution in [0.1, 0.15) is 13.8 Å². The summed E-state index contributed by atoms with van der Waals surface area (Å²) in [4.78, 5) is 99.7. The minimum absolute atomic E-state index is 0. The Hall–Kier alpha value is -2.98. The molecule has 0 aliphatic rings. The van der Waals surface area contributed by atoms with Gasteiger partial charge in [-0.05, 0) is 23.0 Å². The van der Waals surface area contributed by atoms with E-state index in [0.717, 1.165) is 0 Å². The summed E-state index contributed by atoms with van der Waals surface area (Å²) in [5.41, 5.74) is -1.60. The molecule has 28 heteroatoms. The molecule has 0 amide bonds. The summed E-state index contributed by atoms with van der Waals surface area (Å²) >= 11 is 0. The van der Waals surface area contributed by atoms with Crippen LogP contribution < -0.4 is 0 Å². The van der Waals surface area contributed by atoms with Gasteiger partial charge in [0.1, 0.15) is 0 Å². The van der Waals surface area contributed by atoms with Crippen LogP contribution in [0.2, 0.25) is 0 Å². The van der Waals surface area contributed by atoms with Crippen molar-refractivity contribution in [2.24, 2.45) is 0 Å². The summed E-state index contributed by atoms with van der Waals surface area (Å²) in [5, 5.41) is 17.2. The Morgan fingerprint density at radius 2 is 0.827 bits per heavy atom. The first-order chi connectivity index (χ1) is 22.8. The zero-order valence-electron chi connectivity index (χ0n) is 27.5. The normalized spacial score (nSPS) is 13.8. The van der Waals surface area contributed by atoms with Crippen LogP contribution in [0.5, 0.6) is 0 Å². The van der Waals surface area contributed by atoms with E-state index in [9.17, 15) is 61.9 Å². The molecule has 0 rings (SSSR count). The predicted molar refractivity (Wildman–Crippen MR) is 175 cm³/mol. The van der Waals surface area contributed by atoms with Crippen LogP contribution >= 0.6 is 31.2 Å². The summed E-state index contributed by atoms with van der Waals surface area (Å²) in [6.07, 6.45) is 0. The first-order valence-corrected chi connectivity index (χ1v) is 19.1. The van der Waals surface area contributed by atoms with Crippen LogP contribution in [-0.2, 0) is 65.9 Å². The van der Waals surface area contributed by atoms with E-state index in [1.54, 1.807) is 13.8 Å². The van der Waals surface area contributed by atoms with Gasteiger partial charge in [-0.3, -0.25) is 9.13 Å². The van der Waals surface area contributed by atoms with E-state index < -0.39 is 116 Å². The molecule has 0 saturated heterocycles. The number of hydrogen-bond donors (Lipinski definition) is 8. The summed E-state index contributed by atoms with van der Waals surface area (Å²) in [6.45, 7) is 13.1. The van der Waals surface area contributed by atoms with Crippen molar-refractivity contribution in [1.29, 1.82) is 0 Å². The Morgan fingerprint density at radius 3 is 1.06 bits per heavy atom. The molecule has 0 aromatic heterocycles. The fourth-order valence-electron chi connectivity index (χ4n) is 2.65. The van der Waals surface area contributed by atoms with E-state index in [1.807, 2.05) is 0 Å². The highest BCUT2D eigenvalue weighted by atomic mass is 31.2. The Kier molecular flexibility index (Phi) is 28.7. The van der Waals surface area contributed by atoms with Crippen molar-refractivity contribution in [1.82, 2.24) is 0 Å². The number of hydrogen-bond acceptors (Lipinski definition) is 14. The SMILES string of the molecule is C=C(COC(C(OCC(=C)C(=O)O)P(=O)(O)O)[P+](=O)O)C(=O)O.C=C(COC(C(OCC(=C)C(=O)OCC)P(=O)(O)O)[P+](=O)O)C(=O)OCC.O.O. The van der Waals surface area contributed by atoms with Gasteiger partial charge in [-0.15, -0.1) is 0 Å². The molecule has 12 N–H and O–H groups in total.